The second-order valence-electron chi connectivity index (χ2n) is 4.86. The zero-order chi connectivity index (χ0) is 12.7. The fourth-order valence-corrected chi connectivity index (χ4v) is 1.62. The van der Waals surface area contributed by atoms with Gasteiger partial charge in [-0.3, -0.25) is 0 Å². The summed E-state index contributed by atoms with van der Waals surface area (Å²) in [6.45, 7) is 5.25. The van der Waals surface area contributed by atoms with Gasteiger partial charge in [0, 0.05) is 19.3 Å². The van der Waals surface area contributed by atoms with Gasteiger partial charge in [-0.25, -0.2) is 4.98 Å². The molecule has 0 aromatic carbocycles. The lowest BCUT2D eigenvalue weighted by atomic mass is 9.88. The van der Waals surface area contributed by atoms with Gasteiger partial charge >= 0.3 is 0 Å². The van der Waals surface area contributed by atoms with Gasteiger partial charge in [-0.2, -0.15) is 5.26 Å². The Balaban J connectivity index is 2.58. The number of aliphatic hydroxyl groups excluding tert-OH is 1. The number of rotatable bonds is 6. The summed E-state index contributed by atoms with van der Waals surface area (Å²) < 4.78 is 0. The smallest absolute Gasteiger partial charge is 0.163 e. The summed E-state index contributed by atoms with van der Waals surface area (Å²) in [4.78, 5) is 4.00. The second-order valence-corrected chi connectivity index (χ2v) is 4.86. The maximum Gasteiger partial charge on any atom is 0.163 e. The number of pyridine rings is 1. The lowest BCUT2D eigenvalue weighted by molar-refractivity contribution is 0.248. The highest BCUT2D eigenvalue weighted by molar-refractivity contribution is 5.53. The molecular formula is C13H19N3O. The summed E-state index contributed by atoms with van der Waals surface area (Å²) >= 11 is 0. The molecule has 0 radical (unpaired) electrons. The Hall–Kier alpha value is -1.60. The first-order valence-electron chi connectivity index (χ1n) is 5.79. The van der Waals surface area contributed by atoms with Crippen molar-refractivity contribution in [3.63, 3.8) is 0 Å². The van der Waals surface area contributed by atoms with E-state index in [0.29, 0.717) is 5.69 Å². The van der Waals surface area contributed by atoms with E-state index in [4.69, 9.17) is 10.4 Å². The van der Waals surface area contributed by atoms with Crippen molar-refractivity contribution in [1.82, 2.24) is 4.98 Å². The average molecular weight is 233 g/mol. The van der Waals surface area contributed by atoms with Crippen molar-refractivity contribution >= 4 is 5.69 Å². The zero-order valence-corrected chi connectivity index (χ0v) is 10.4. The van der Waals surface area contributed by atoms with E-state index in [0.717, 1.165) is 25.1 Å². The van der Waals surface area contributed by atoms with Crippen LogP contribution in [0, 0.1) is 16.7 Å². The number of aliphatic hydroxyl groups is 1. The Bertz CT molecular complexity index is 396. The summed E-state index contributed by atoms with van der Waals surface area (Å²) in [5, 5.41) is 21.0. The molecule has 0 saturated heterocycles. The van der Waals surface area contributed by atoms with E-state index >= 15 is 0 Å². The van der Waals surface area contributed by atoms with Gasteiger partial charge in [0.2, 0.25) is 0 Å². The van der Waals surface area contributed by atoms with Crippen LogP contribution in [0.25, 0.3) is 0 Å². The monoisotopic (exact) mass is 233 g/mol. The number of nitrogens with one attached hydrogen (secondary N) is 1. The van der Waals surface area contributed by atoms with Crippen LogP contribution in [0.5, 0.6) is 0 Å². The molecule has 4 nitrogen and oxygen atoms in total. The normalized spacial score (nSPS) is 10.9. The lowest BCUT2D eigenvalue weighted by Crippen LogP contribution is -2.23. The molecular weight excluding hydrogens is 214 g/mol. The van der Waals surface area contributed by atoms with E-state index in [-0.39, 0.29) is 12.0 Å². The molecule has 0 aliphatic heterocycles. The molecule has 4 heteroatoms. The van der Waals surface area contributed by atoms with Crippen LogP contribution < -0.4 is 5.32 Å². The lowest BCUT2D eigenvalue weighted by Gasteiger charge is -2.25. The Labute approximate surface area is 102 Å². The third kappa shape index (κ3) is 4.41. The quantitative estimate of drug-likeness (QED) is 0.790. The Morgan fingerprint density at radius 3 is 2.94 bits per heavy atom. The van der Waals surface area contributed by atoms with Crippen molar-refractivity contribution in [3.8, 4) is 6.07 Å². The van der Waals surface area contributed by atoms with Crippen molar-refractivity contribution in [2.75, 3.05) is 18.5 Å². The maximum atomic E-state index is 8.90. The van der Waals surface area contributed by atoms with Gasteiger partial charge in [-0.05, 0) is 30.4 Å². The van der Waals surface area contributed by atoms with Gasteiger partial charge in [-0.15, -0.1) is 0 Å². The van der Waals surface area contributed by atoms with Crippen LogP contribution in [0.1, 0.15) is 32.4 Å². The number of hydrogen-bond acceptors (Lipinski definition) is 4. The predicted octanol–water partition coefficient (Wildman–Crippen LogP) is 2.16. The molecule has 0 fully saturated rings. The van der Waals surface area contributed by atoms with Crippen LogP contribution in [0.3, 0.4) is 0 Å². The molecule has 0 aliphatic rings. The van der Waals surface area contributed by atoms with Gasteiger partial charge in [-0.1, -0.05) is 13.8 Å². The second kappa shape index (κ2) is 6.21. The zero-order valence-electron chi connectivity index (χ0n) is 10.4. The molecule has 92 valence electrons. The van der Waals surface area contributed by atoms with E-state index in [9.17, 15) is 0 Å². The fraction of sp³-hybridized carbons (Fsp3) is 0.538. The molecule has 17 heavy (non-hydrogen) atoms. The molecule has 1 aromatic rings. The average Bonchev–Trinajstić information content (AvgIpc) is 2.34. The van der Waals surface area contributed by atoms with Crippen LogP contribution in [0.15, 0.2) is 18.3 Å². The highest BCUT2D eigenvalue weighted by atomic mass is 16.2. The highest BCUT2D eigenvalue weighted by Crippen LogP contribution is 2.23. The van der Waals surface area contributed by atoms with Crippen molar-refractivity contribution in [2.24, 2.45) is 5.41 Å². The molecule has 0 amide bonds. The molecule has 0 aliphatic carbocycles. The van der Waals surface area contributed by atoms with Crippen LogP contribution >= 0.6 is 0 Å². The molecule has 1 rings (SSSR count). The number of hydrogen-bond donors (Lipinski definition) is 2. The third-order valence-corrected chi connectivity index (χ3v) is 2.68. The summed E-state index contributed by atoms with van der Waals surface area (Å²) in [6.07, 6.45) is 3.35. The molecule has 0 unspecified atom stereocenters. The summed E-state index contributed by atoms with van der Waals surface area (Å²) in [6, 6.07) is 5.73. The Morgan fingerprint density at radius 1 is 1.53 bits per heavy atom. The number of aromatic nitrogens is 1. The van der Waals surface area contributed by atoms with Crippen molar-refractivity contribution in [3.05, 3.63) is 24.0 Å². The van der Waals surface area contributed by atoms with Gasteiger partial charge in [0.15, 0.2) is 5.69 Å². The first-order valence-corrected chi connectivity index (χ1v) is 5.79. The van der Waals surface area contributed by atoms with Crippen molar-refractivity contribution in [2.45, 2.75) is 26.7 Å². The minimum Gasteiger partial charge on any atom is -0.396 e. The van der Waals surface area contributed by atoms with Gasteiger partial charge in [0.05, 0.1) is 5.69 Å². The number of nitrogens with zero attached hydrogens (tertiary/aromatic N) is 2. The van der Waals surface area contributed by atoms with Crippen LogP contribution in [-0.2, 0) is 0 Å². The minimum absolute atomic E-state index is 0.0886. The summed E-state index contributed by atoms with van der Waals surface area (Å²) in [7, 11) is 0. The van der Waals surface area contributed by atoms with Gasteiger partial charge < -0.3 is 10.4 Å². The van der Waals surface area contributed by atoms with E-state index in [1.807, 2.05) is 12.1 Å². The standard InChI is InChI=1S/C13H19N3O/c1-13(2,6-4-8-17)10-16-11-5-3-7-15-12(11)9-14/h3,5,7,16-17H,4,6,8,10H2,1-2H3. The molecule has 1 aromatic heterocycles. The number of nitriles is 1. The molecule has 0 saturated carbocycles. The van der Waals surface area contributed by atoms with E-state index < -0.39 is 0 Å². The maximum absolute atomic E-state index is 8.90. The largest absolute Gasteiger partial charge is 0.396 e. The van der Waals surface area contributed by atoms with Gasteiger partial charge in [0.1, 0.15) is 6.07 Å². The summed E-state index contributed by atoms with van der Waals surface area (Å²) in [5.74, 6) is 0. The topological polar surface area (TPSA) is 68.9 Å². The predicted molar refractivity (Wildman–Crippen MR) is 67.5 cm³/mol. The van der Waals surface area contributed by atoms with Crippen molar-refractivity contribution < 1.29 is 5.11 Å². The number of anilines is 1. The molecule has 1 heterocycles. The summed E-state index contributed by atoms with van der Waals surface area (Å²) in [5.41, 5.74) is 1.28. The SMILES string of the molecule is CC(C)(CCCO)CNc1cccnc1C#N. The van der Waals surface area contributed by atoms with E-state index in [1.54, 1.807) is 6.20 Å². The molecule has 0 spiro atoms. The molecule has 0 atom stereocenters. The molecule has 0 bridgehead atoms. The highest BCUT2D eigenvalue weighted by Gasteiger charge is 2.17. The minimum atomic E-state index is 0.0886. The van der Waals surface area contributed by atoms with Gasteiger partial charge in [0.25, 0.3) is 0 Å². The van der Waals surface area contributed by atoms with Crippen molar-refractivity contribution in [1.29, 1.82) is 5.26 Å². The van der Waals surface area contributed by atoms with E-state index in [1.165, 1.54) is 0 Å². The van der Waals surface area contributed by atoms with Crippen LogP contribution in [0.2, 0.25) is 0 Å². The molecule has 2 N–H and O–H groups in total. The third-order valence-electron chi connectivity index (χ3n) is 2.68. The Morgan fingerprint density at radius 2 is 2.29 bits per heavy atom. The van der Waals surface area contributed by atoms with E-state index in [2.05, 4.69) is 30.2 Å². The first kappa shape index (κ1) is 13.5. The van der Waals surface area contributed by atoms with Crippen LogP contribution in [0.4, 0.5) is 5.69 Å². The first-order chi connectivity index (χ1) is 8.09. The van der Waals surface area contributed by atoms with Crippen LogP contribution in [-0.4, -0.2) is 23.2 Å². The Kier molecular flexibility index (Phi) is 4.92. The fourth-order valence-electron chi connectivity index (χ4n) is 1.62.